The van der Waals surface area contributed by atoms with Crippen LogP contribution in [0.5, 0.6) is 0 Å². The van der Waals surface area contributed by atoms with Crippen LogP contribution in [0.2, 0.25) is 0 Å². The molecule has 3 N–H and O–H groups in total. The molecule has 10 nitrogen and oxygen atoms in total. The van der Waals surface area contributed by atoms with E-state index in [0.717, 1.165) is 5.56 Å². The summed E-state index contributed by atoms with van der Waals surface area (Å²) in [6, 6.07) is 18.6. The highest BCUT2D eigenvalue weighted by atomic mass is 16.9. The first-order valence-electron chi connectivity index (χ1n) is 16.2. The number of aliphatic hydroxyl groups is 3. The van der Waals surface area contributed by atoms with Gasteiger partial charge >= 0.3 is 11.9 Å². The number of hydrogen-bond acceptors (Lipinski definition) is 10. The average Bonchev–Trinajstić information content (AvgIpc) is 3.71. The van der Waals surface area contributed by atoms with Crippen molar-refractivity contribution in [2.45, 2.75) is 73.6 Å². The Kier molecular flexibility index (Phi) is 6.66. The van der Waals surface area contributed by atoms with Crippen molar-refractivity contribution in [1.29, 1.82) is 0 Å². The van der Waals surface area contributed by atoms with Gasteiger partial charge in [0.15, 0.2) is 17.0 Å². The van der Waals surface area contributed by atoms with Crippen molar-refractivity contribution in [3.8, 4) is 0 Å². The molecule has 2 aromatic carbocycles. The molecule has 5 fully saturated rings. The van der Waals surface area contributed by atoms with Gasteiger partial charge in [-0.1, -0.05) is 98.5 Å². The topological polar surface area (TPSA) is 144 Å². The summed E-state index contributed by atoms with van der Waals surface area (Å²) in [5.74, 6) is -4.96. The second-order valence-corrected chi connectivity index (χ2v) is 14.1. The third-order valence-corrected chi connectivity index (χ3v) is 11.9. The quantitative estimate of drug-likeness (QED) is 0.134. The maximum Gasteiger partial charge on any atom is 0.331 e. The van der Waals surface area contributed by atoms with Crippen LogP contribution in [0.1, 0.15) is 31.9 Å². The first kappa shape index (κ1) is 31.5. The van der Waals surface area contributed by atoms with Gasteiger partial charge in [0.05, 0.1) is 12.0 Å². The highest BCUT2D eigenvalue weighted by molar-refractivity contribution is 6.02. The smallest absolute Gasteiger partial charge is 0.331 e. The van der Waals surface area contributed by atoms with E-state index in [2.05, 4.69) is 6.58 Å². The van der Waals surface area contributed by atoms with Gasteiger partial charge in [-0.15, -0.1) is 0 Å². The zero-order chi connectivity index (χ0) is 33.9. The lowest BCUT2D eigenvalue weighted by molar-refractivity contribution is -0.450. The summed E-state index contributed by atoms with van der Waals surface area (Å²) < 4.78 is 33.5. The van der Waals surface area contributed by atoms with Gasteiger partial charge in [-0.3, -0.25) is 4.79 Å². The van der Waals surface area contributed by atoms with E-state index in [-0.39, 0.29) is 0 Å². The number of hydrogen-bond donors (Lipinski definition) is 3. The third kappa shape index (κ3) is 3.55. The highest BCUT2D eigenvalue weighted by Gasteiger charge is 2.92. The van der Waals surface area contributed by atoms with E-state index in [9.17, 15) is 24.9 Å². The number of benzene rings is 2. The lowest BCUT2D eigenvalue weighted by Crippen LogP contribution is -2.79. The molecule has 250 valence electrons. The fraction of sp³-hybridized carbons (Fsp3) is 0.421. The predicted octanol–water partition coefficient (Wildman–Crippen LogP) is 3.12. The van der Waals surface area contributed by atoms with E-state index >= 15 is 0 Å². The molecule has 8 rings (SSSR count). The average molecular weight is 655 g/mol. The van der Waals surface area contributed by atoms with Gasteiger partial charge in [-0.05, 0) is 31.1 Å². The normalized spacial score (nSPS) is 46.3. The van der Waals surface area contributed by atoms with Crippen molar-refractivity contribution in [3.63, 3.8) is 0 Å². The highest BCUT2D eigenvalue weighted by Crippen LogP contribution is 2.76. The van der Waals surface area contributed by atoms with Crippen molar-refractivity contribution in [3.05, 3.63) is 114 Å². The molecular weight excluding hydrogens is 616 g/mol. The van der Waals surface area contributed by atoms with Crippen LogP contribution in [-0.2, 0) is 39.2 Å². The number of epoxide rings is 1. The number of allylic oxidation sites excluding steroid dienone is 2. The van der Waals surface area contributed by atoms with Crippen LogP contribution in [0.3, 0.4) is 0 Å². The lowest BCUT2D eigenvalue weighted by atomic mass is 9.48. The SMILES string of the molecule is C=C(C)C12OC3(c4ccccc4)OC1[C@@H]1[C@@H]4O[C@]4(CO)[C@@H](O)[C@]4(O)C(=O)C=C[C@@]4(C)C1(O3)[C@H](C)[C@H]2OC(=O)/C=C/C=C/c1ccccc1. The second-order valence-electron chi connectivity index (χ2n) is 14.1. The van der Waals surface area contributed by atoms with Gasteiger partial charge in [0, 0.05) is 23.5 Å². The zero-order valence-electron chi connectivity index (χ0n) is 26.8. The van der Waals surface area contributed by atoms with E-state index in [1.165, 1.54) is 12.2 Å². The summed E-state index contributed by atoms with van der Waals surface area (Å²) in [6.45, 7) is 8.87. The Hall–Kier alpha value is -3.74. The second kappa shape index (κ2) is 10.1. The van der Waals surface area contributed by atoms with Gasteiger partial charge < -0.3 is 39.0 Å². The zero-order valence-corrected chi connectivity index (χ0v) is 26.8. The van der Waals surface area contributed by atoms with E-state index in [0.29, 0.717) is 11.1 Å². The van der Waals surface area contributed by atoms with Crippen LogP contribution in [0.4, 0.5) is 0 Å². The molecule has 10 heteroatoms. The van der Waals surface area contributed by atoms with E-state index in [1.54, 1.807) is 56.3 Å². The standard InChI is InChI=1S/C38H38O10/c1-22(2)35-29(44-27(41)18-12-11-15-24-13-7-5-8-14-24)23(3)37-28(31(35)46-38(47-35,48-37)25-16-9-6-10-17-25)30-34(21-39,45-30)32(42)36(43)26(40)19-20-33(36,37)4/h5-20,23,28-32,39,42-43H,1,21H2,2-4H3/b15-11+,18-12+/t23-,28+,29-,30+,31?,32-,33-,34+,35?,36-,37?,38?/m1/s1. The van der Waals surface area contributed by atoms with E-state index in [1.807, 2.05) is 49.4 Å². The molecule has 12 atom stereocenters. The number of carbonyl (C=O) groups excluding carboxylic acids is 2. The van der Waals surface area contributed by atoms with Gasteiger partial charge in [-0.2, -0.15) is 0 Å². The van der Waals surface area contributed by atoms with E-state index in [4.69, 9.17) is 23.7 Å². The summed E-state index contributed by atoms with van der Waals surface area (Å²) in [6.07, 6.45) is 4.42. The minimum atomic E-state index is -2.48. The van der Waals surface area contributed by atoms with Crippen LogP contribution in [0.25, 0.3) is 6.08 Å². The first-order chi connectivity index (χ1) is 22.9. The molecule has 3 aliphatic carbocycles. The fourth-order valence-corrected chi connectivity index (χ4v) is 9.57. The summed E-state index contributed by atoms with van der Waals surface area (Å²) in [5, 5.41) is 35.1. The molecule has 2 aromatic rings. The van der Waals surface area contributed by atoms with Gasteiger partial charge in [0.25, 0.3) is 0 Å². The number of rotatable bonds is 7. The molecule has 48 heavy (non-hydrogen) atoms. The minimum Gasteiger partial charge on any atom is -0.455 e. The predicted molar refractivity (Wildman–Crippen MR) is 170 cm³/mol. The number of ether oxygens (including phenoxy) is 5. The van der Waals surface area contributed by atoms with Gasteiger partial charge in [-0.25, -0.2) is 4.79 Å². The molecule has 3 aliphatic heterocycles. The Morgan fingerprint density at radius 1 is 1.02 bits per heavy atom. The molecule has 4 unspecified atom stereocenters. The summed E-state index contributed by atoms with van der Waals surface area (Å²) in [7, 11) is 0. The van der Waals surface area contributed by atoms with E-state index < -0.39 is 88.4 Å². The minimum absolute atomic E-state index is 0.487. The summed E-state index contributed by atoms with van der Waals surface area (Å²) in [4.78, 5) is 27.4. The Morgan fingerprint density at radius 2 is 1.71 bits per heavy atom. The molecule has 0 radical (unpaired) electrons. The number of ketones is 1. The molecule has 0 amide bonds. The summed E-state index contributed by atoms with van der Waals surface area (Å²) in [5.41, 5.74) is -7.01. The van der Waals surface area contributed by atoms with Gasteiger partial charge in [0.1, 0.15) is 35.6 Å². The van der Waals surface area contributed by atoms with Crippen molar-refractivity contribution in [2.75, 3.05) is 6.61 Å². The molecule has 3 heterocycles. The Labute approximate surface area is 277 Å². The Balaban J connectivity index is 1.31. The Bertz CT molecular complexity index is 1790. The largest absolute Gasteiger partial charge is 0.455 e. The molecule has 6 aliphatic rings. The molecule has 3 bridgehead atoms. The maximum absolute atomic E-state index is 13.7. The number of fused-ring (bicyclic) bond motifs is 3. The Morgan fingerprint density at radius 3 is 2.38 bits per heavy atom. The van der Waals surface area contributed by atoms with Crippen LogP contribution in [0.15, 0.2) is 103 Å². The molecular formula is C38H38O10. The van der Waals surface area contributed by atoms with Crippen molar-refractivity contribution in [2.24, 2.45) is 17.3 Å². The molecule has 3 saturated heterocycles. The monoisotopic (exact) mass is 654 g/mol. The van der Waals surface area contributed by atoms with Crippen molar-refractivity contribution in [1.82, 2.24) is 0 Å². The first-order valence-corrected chi connectivity index (χ1v) is 16.2. The van der Waals surface area contributed by atoms with Crippen LogP contribution >= 0.6 is 0 Å². The fourth-order valence-electron chi connectivity index (χ4n) is 9.57. The molecule has 0 spiro atoms. The van der Waals surface area contributed by atoms with Crippen molar-refractivity contribution >= 4 is 17.8 Å². The number of carbonyl (C=O) groups is 2. The van der Waals surface area contributed by atoms with Gasteiger partial charge in [0.2, 0.25) is 0 Å². The molecule has 0 aromatic heterocycles. The number of esters is 1. The number of aliphatic hydroxyl groups excluding tert-OH is 2. The molecule has 2 saturated carbocycles. The third-order valence-electron chi connectivity index (χ3n) is 11.9. The maximum atomic E-state index is 13.7. The van der Waals surface area contributed by atoms with Crippen molar-refractivity contribution < 1.29 is 48.6 Å². The van der Waals surface area contributed by atoms with Crippen LogP contribution in [-0.4, -0.2) is 80.5 Å². The van der Waals surface area contributed by atoms with Crippen LogP contribution < -0.4 is 0 Å². The lowest BCUT2D eigenvalue weighted by Gasteiger charge is -2.64. The summed E-state index contributed by atoms with van der Waals surface area (Å²) >= 11 is 0. The van der Waals surface area contributed by atoms with Crippen LogP contribution in [0, 0.1) is 17.3 Å².